The van der Waals surface area contributed by atoms with Gasteiger partial charge in [-0.15, -0.1) is 0 Å². The fraction of sp³-hybridized carbons (Fsp3) is 0.0769. The summed E-state index contributed by atoms with van der Waals surface area (Å²) in [4.78, 5) is 4.79. The Bertz CT molecular complexity index is 581. The lowest BCUT2D eigenvalue weighted by molar-refractivity contribution is 1.19. The Hall–Kier alpha value is -1.21. The Morgan fingerprint density at radius 2 is 1.94 bits per heavy atom. The fourth-order valence-electron chi connectivity index (χ4n) is 1.56. The number of hydrogen-bond acceptors (Lipinski definition) is 3. The number of benzene rings is 1. The van der Waals surface area contributed by atoms with Crippen LogP contribution in [0.3, 0.4) is 0 Å². The van der Waals surface area contributed by atoms with Gasteiger partial charge in [0.15, 0.2) is 0 Å². The number of nitrogens with zero attached hydrogens (tertiary/aromatic N) is 1. The van der Waals surface area contributed by atoms with Gasteiger partial charge in [-0.2, -0.15) is 0 Å². The summed E-state index contributed by atoms with van der Waals surface area (Å²) in [6.45, 7) is 1.92. The molecule has 1 heterocycles. The predicted octanol–water partition coefficient (Wildman–Crippen LogP) is 3.37. The largest absolute Gasteiger partial charge is 0.389 e. The zero-order chi connectivity index (χ0) is 13.1. The smallest absolute Gasteiger partial charge is 0.131 e. The van der Waals surface area contributed by atoms with Crippen LogP contribution in [0, 0.1) is 10.5 Å². The molecule has 2 aromatic rings. The van der Waals surface area contributed by atoms with Gasteiger partial charge in [-0.1, -0.05) is 12.2 Å². The molecule has 0 atom stereocenters. The highest BCUT2D eigenvalue weighted by Gasteiger charge is 2.03. The van der Waals surface area contributed by atoms with Gasteiger partial charge >= 0.3 is 0 Å². The first-order chi connectivity index (χ1) is 8.54. The Morgan fingerprint density at radius 3 is 2.56 bits per heavy atom. The number of aryl methyl sites for hydroxylation is 1. The maximum atomic E-state index is 5.64. The molecule has 18 heavy (non-hydrogen) atoms. The van der Waals surface area contributed by atoms with Crippen molar-refractivity contribution < 1.29 is 0 Å². The van der Waals surface area contributed by atoms with Crippen LogP contribution in [-0.4, -0.2) is 9.97 Å². The van der Waals surface area contributed by atoms with Gasteiger partial charge in [-0.3, -0.25) is 0 Å². The highest BCUT2D eigenvalue weighted by molar-refractivity contribution is 14.1. The van der Waals surface area contributed by atoms with Crippen LogP contribution in [0.25, 0.3) is 0 Å². The van der Waals surface area contributed by atoms with Crippen molar-refractivity contribution in [2.75, 3.05) is 5.32 Å². The standard InChI is InChI=1S/C13H12IN3S/c1-8-6-9(13(15)18)7-12(16-8)17-11-4-2-10(14)3-5-11/h2-7H,1H3,(H2,15,18)(H,16,17). The third kappa shape index (κ3) is 3.39. The second-order valence-corrected chi connectivity index (χ2v) is 5.56. The third-order valence-corrected chi connectivity index (χ3v) is 3.31. The number of thiocarbonyl (C=S) groups is 1. The lowest BCUT2D eigenvalue weighted by Crippen LogP contribution is -2.10. The van der Waals surface area contributed by atoms with Gasteiger partial charge in [0.25, 0.3) is 0 Å². The van der Waals surface area contributed by atoms with E-state index in [1.54, 1.807) is 0 Å². The second-order valence-electron chi connectivity index (χ2n) is 3.88. The van der Waals surface area contributed by atoms with Gasteiger partial charge in [-0.25, -0.2) is 4.98 Å². The van der Waals surface area contributed by atoms with Crippen LogP contribution >= 0.6 is 34.8 Å². The lowest BCUT2D eigenvalue weighted by atomic mass is 10.2. The number of nitrogens with two attached hydrogens (primary N) is 1. The van der Waals surface area contributed by atoms with E-state index in [0.717, 1.165) is 22.8 Å². The molecule has 0 radical (unpaired) electrons. The normalized spacial score (nSPS) is 10.1. The number of aromatic nitrogens is 1. The summed E-state index contributed by atoms with van der Waals surface area (Å²) in [7, 11) is 0. The molecular formula is C13H12IN3S. The number of pyridine rings is 1. The van der Waals surface area contributed by atoms with E-state index >= 15 is 0 Å². The Kier molecular flexibility index (Phi) is 4.13. The van der Waals surface area contributed by atoms with E-state index in [2.05, 4.69) is 32.9 Å². The van der Waals surface area contributed by atoms with Gasteiger partial charge in [0, 0.05) is 20.5 Å². The van der Waals surface area contributed by atoms with Crippen LogP contribution < -0.4 is 11.1 Å². The molecular weight excluding hydrogens is 357 g/mol. The average molecular weight is 369 g/mol. The van der Waals surface area contributed by atoms with Gasteiger partial charge < -0.3 is 11.1 Å². The molecule has 1 aromatic heterocycles. The molecule has 3 N–H and O–H groups in total. The SMILES string of the molecule is Cc1cc(C(N)=S)cc(Nc2ccc(I)cc2)n1. The van der Waals surface area contributed by atoms with E-state index in [-0.39, 0.29) is 0 Å². The van der Waals surface area contributed by atoms with E-state index in [4.69, 9.17) is 18.0 Å². The van der Waals surface area contributed by atoms with E-state index in [1.165, 1.54) is 3.57 Å². The summed E-state index contributed by atoms with van der Waals surface area (Å²) in [5.74, 6) is 0.749. The molecule has 0 saturated heterocycles. The maximum absolute atomic E-state index is 5.64. The van der Waals surface area contributed by atoms with Gasteiger partial charge in [0.2, 0.25) is 0 Å². The molecule has 2 rings (SSSR count). The zero-order valence-corrected chi connectivity index (χ0v) is 12.7. The topological polar surface area (TPSA) is 50.9 Å². The summed E-state index contributed by atoms with van der Waals surface area (Å²) in [6, 6.07) is 11.8. The molecule has 0 bridgehead atoms. The second kappa shape index (κ2) is 5.62. The van der Waals surface area contributed by atoms with E-state index in [0.29, 0.717) is 4.99 Å². The Labute approximate surface area is 125 Å². The highest BCUT2D eigenvalue weighted by atomic mass is 127. The summed E-state index contributed by atoms with van der Waals surface area (Å²) >= 11 is 7.25. The minimum Gasteiger partial charge on any atom is -0.389 e. The number of rotatable bonds is 3. The van der Waals surface area contributed by atoms with Crippen LogP contribution in [0.1, 0.15) is 11.3 Å². The first-order valence-corrected chi connectivity index (χ1v) is 6.84. The molecule has 0 unspecified atom stereocenters. The van der Waals surface area contributed by atoms with Crippen LogP contribution in [0.15, 0.2) is 36.4 Å². The Balaban J connectivity index is 2.28. The van der Waals surface area contributed by atoms with Crippen molar-refractivity contribution in [2.45, 2.75) is 6.92 Å². The van der Waals surface area contributed by atoms with Crippen LogP contribution in [0.5, 0.6) is 0 Å². The van der Waals surface area contributed by atoms with E-state index < -0.39 is 0 Å². The number of hydrogen-bond donors (Lipinski definition) is 2. The average Bonchev–Trinajstić information content (AvgIpc) is 2.31. The number of nitrogens with one attached hydrogen (secondary N) is 1. The van der Waals surface area contributed by atoms with Crippen LogP contribution in [0.4, 0.5) is 11.5 Å². The zero-order valence-electron chi connectivity index (χ0n) is 9.77. The minimum absolute atomic E-state index is 0.381. The van der Waals surface area contributed by atoms with Crippen LogP contribution in [0.2, 0.25) is 0 Å². The van der Waals surface area contributed by atoms with Crippen molar-refractivity contribution in [3.05, 3.63) is 51.2 Å². The van der Waals surface area contributed by atoms with Gasteiger partial charge in [0.1, 0.15) is 10.8 Å². The molecule has 0 spiro atoms. The molecule has 0 fully saturated rings. The molecule has 0 amide bonds. The first-order valence-electron chi connectivity index (χ1n) is 5.36. The minimum atomic E-state index is 0.381. The molecule has 0 aliphatic rings. The molecule has 92 valence electrons. The lowest BCUT2D eigenvalue weighted by Gasteiger charge is -2.08. The number of halogens is 1. The van der Waals surface area contributed by atoms with Crippen molar-refractivity contribution in [3.63, 3.8) is 0 Å². The summed E-state index contributed by atoms with van der Waals surface area (Å²) in [5.41, 5.74) is 8.34. The molecule has 0 aliphatic heterocycles. The maximum Gasteiger partial charge on any atom is 0.131 e. The molecule has 0 saturated carbocycles. The van der Waals surface area contributed by atoms with Crippen molar-refractivity contribution in [1.29, 1.82) is 0 Å². The monoisotopic (exact) mass is 369 g/mol. The van der Waals surface area contributed by atoms with Crippen molar-refractivity contribution in [2.24, 2.45) is 5.73 Å². The quantitative estimate of drug-likeness (QED) is 0.644. The van der Waals surface area contributed by atoms with E-state index in [1.807, 2.05) is 43.3 Å². The summed E-state index contributed by atoms with van der Waals surface area (Å²) < 4.78 is 1.19. The predicted molar refractivity (Wildman–Crippen MR) is 87.3 cm³/mol. The highest BCUT2D eigenvalue weighted by Crippen LogP contribution is 2.18. The van der Waals surface area contributed by atoms with E-state index in [9.17, 15) is 0 Å². The van der Waals surface area contributed by atoms with Crippen molar-refractivity contribution in [3.8, 4) is 0 Å². The summed E-state index contributed by atoms with van der Waals surface area (Å²) in [5, 5.41) is 3.24. The fourth-order valence-corrected chi connectivity index (χ4v) is 2.03. The van der Waals surface area contributed by atoms with Gasteiger partial charge in [-0.05, 0) is 65.9 Å². The number of anilines is 2. The molecule has 3 nitrogen and oxygen atoms in total. The van der Waals surface area contributed by atoms with Gasteiger partial charge in [0.05, 0.1) is 0 Å². The first kappa shape index (κ1) is 13.2. The van der Waals surface area contributed by atoms with Crippen LogP contribution in [-0.2, 0) is 0 Å². The molecule has 0 aliphatic carbocycles. The van der Waals surface area contributed by atoms with Crippen molar-refractivity contribution in [1.82, 2.24) is 4.98 Å². The molecule has 1 aromatic carbocycles. The summed E-state index contributed by atoms with van der Waals surface area (Å²) in [6.07, 6.45) is 0. The Morgan fingerprint density at radius 1 is 1.28 bits per heavy atom. The van der Waals surface area contributed by atoms with Crippen molar-refractivity contribution >= 4 is 51.3 Å². The molecule has 5 heteroatoms. The third-order valence-electron chi connectivity index (χ3n) is 2.35.